The average molecular weight is 156 g/mol. The van der Waals surface area contributed by atoms with E-state index in [0.717, 1.165) is 19.4 Å². The maximum atomic E-state index is 5.54. The summed E-state index contributed by atoms with van der Waals surface area (Å²) in [5.74, 6) is -0.100. The first kappa shape index (κ1) is 8.75. The Morgan fingerprint density at radius 2 is 2.45 bits per heavy atom. The lowest BCUT2D eigenvalue weighted by Gasteiger charge is -2.38. The van der Waals surface area contributed by atoms with Crippen molar-refractivity contribution >= 4 is 0 Å². The Balaban J connectivity index is 2.69. The highest BCUT2D eigenvalue weighted by molar-refractivity contribution is 4.95. The summed E-state index contributed by atoms with van der Waals surface area (Å²) in [5, 5.41) is 0. The van der Waals surface area contributed by atoms with Crippen molar-refractivity contribution in [3.05, 3.63) is 12.7 Å². The molecule has 2 atom stereocenters. The summed E-state index contributed by atoms with van der Waals surface area (Å²) in [6, 6.07) is 0. The van der Waals surface area contributed by atoms with Crippen LogP contribution in [0.4, 0.5) is 0 Å². The predicted molar refractivity (Wildman–Crippen MR) is 44.3 cm³/mol. The summed E-state index contributed by atoms with van der Waals surface area (Å²) in [7, 11) is 1.67. The molecule has 0 N–H and O–H groups in total. The Bertz CT molecular complexity index is 144. The van der Waals surface area contributed by atoms with Crippen molar-refractivity contribution in [1.29, 1.82) is 0 Å². The van der Waals surface area contributed by atoms with E-state index < -0.39 is 5.79 Å². The van der Waals surface area contributed by atoms with Gasteiger partial charge in [0.05, 0.1) is 6.61 Å². The zero-order valence-electron chi connectivity index (χ0n) is 7.30. The van der Waals surface area contributed by atoms with Crippen LogP contribution in [0.1, 0.15) is 19.8 Å². The second-order valence-corrected chi connectivity index (χ2v) is 3.02. The minimum Gasteiger partial charge on any atom is -0.349 e. The fourth-order valence-electron chi connectivity index (χ4n) is 1.57. The lowest BCUT2D eigenvalue weighted by molar-refractivity contribution is -0.235. The van der Waals surface area contributed by atoms with Gasteiger partial charge in [0.2, 0.25) is 0 Å². The van der Waals surface area contributed by atoms with Gasteiger partial charge in [-0.1, -0.05) is 13.5 Å². The Hall–Kier alpha value is -0.340. The third kappa shape index (κ3) is 1.47. The minimum absolute atomic E-state index is 0.416. The van der Waals surface area contributed by atoms with Crippen molar-refractivity contribution in [1.82, 2.24) is 0 Å². The van der Waals surface area contributed by atoms with E-state index in [1.54, 1.807) is 13.2 Å². The normalized spacial score (nSPS) is 38.5. The molecule has 2 unspecified atom stereocenters. The van der Waals surface area contributed by atoms with E-state index in [-0.39, 0.29) is 0 Å². The number of rotatable bonds is 2. The monoisotopic (exact) mass is 156 g/mol. The highest BCUT2D eigenvalue weighted by atomic mass is 16.7. The van der Waals surface area contributed by atoms with E-state index in [0.29, 0.717) is 5.92 Å². The van der Waals surface area contributed by atoms with Gasteiger partial charge >= 0.3 is 0 Å². The van der Waals surface area contributed by atoms with Gasteiger partial charge in [0.1, 0.15) is 0 Å². The van der Waals surface area contributed by atoms with E-state index in [1.807, 2.05) is 0 Å². The van der Waals surface area contributed by atoms with Gasteiger partial charge in [0.15, 0.2) is 5.79 Å². The summed E-state index contributed by atoms with van der Waals surface area (Å²) in [5.41, 5.74) is 0. The van der Waals surface area contributed by atoms with Crippen LogP contribution in [0, 0.1) is 5.92 Å². The smallest absolute Gasteiger partial charge is 0.189 e. The molecule has 1 aliphatic heterocycles. The van der Waals surface area contributed by atoms with Crippen molar-refractivity contribution in [3.8, 4) is 0 Å². The van der Waals surface area contributed by atoms with E-state index in [1.165, 1.54) is 0 Å². The van der Waals surface area contributed by atoms with E-state index in [9.17, 15) is 0 Å². The Kier molecular flexibility index (Phi) is 2.68. The summed E-state index contributed by atoms with van der Waals surface area (Å²) in [6.45, 7) is 6.64. The first-order valence-electron chi connectivity index (χ1n) is 4.08. The molecule has 1 fully saturated rings. The van der Waals surface area contributed by atoms with Crippen LogP contribution >= 0.6 is 0 Å². The van der Waals surface area contributed by atoms with E-state index >= 15 is 0 Å². The zero-order chi connectivity index (χ0) is 8.32. The number of ether oxygens (including phenoxy) is 2. The molecule has 0 aromatic heterocycles. The first-order chi connectivity index (χ1) is 5.25. The van der Waals surface area contributed by atoms with Crippen LogP contribution in [0.15, 0.2) is 12.7 Å². The van der Waals surface area contributed by atoms with Crippen LogP contribution in [0.3, 0.4) is 0 Å². The molecule has 0 aromatic rings. The highest BCUT2D eigenvalue weighted by Gasteiger charge is 2.36. The average Bonchev–Trinajstić information content (AvgIpc) is 2.06. The molecule has 0 saturated carbocycles. The number of hydrogen-bond acceptors (Lipinski definition) is 2. The van der Waals surface area contributed by atoms with E-state index in [2.05, 4.69) is 13.5 Å². The van der Waals surface area contributed by atoms with Crippen molar-refractivity contribution in [3.63, 3.8) is 0 Å². The number of methoxy groups -OCH3 is 1. The molecular formula is C9H16O2. The fraction of sp³-hybridized carbons (Fsp3) is 0.778. The highest BCUT2D eigenvalue weighted by Crippen LogP contribution is 2.32. The van der Waals surface area contributed by atoms with Crippen molar-refractivity contribution in [2.75, 3.05) is 13.7 Å². The standard InChI is InChI=1S/C9H16O2/c1-4-9(10-3)8(2)6-5-7-11-9/h4,8H,1,5-7H2,2-3H3. The zero-order valence-corrected chi connectivity index (χ0v) is 7.30. The maximum Gasteiger partial charge on any atom is 0.189 e. The van der Waals surface area contributed by atoms with Crippen LogP contribution < -0.4 is 0 Å². The molecule has 0 amide bonds. The molecule has 64 valence electrons. The molecule has 0 bridgehead atoms. The van der Waals surface area contributed by atoms with Crippen molar-refractivity contribution in [2.45, 2.75) is 25.6 Å². The SMILES string of the molecule is C=CC1(OC)OCCCC1C. The topological polar surface area (TPSA) is 18.5 Å². The second-order valence-electron chi connectivity index (χ2n) is 3.02. The lowest BCUT2D eigenvalue weighted by atomic mass is 9.93. The van der Waals surface area contributed by atoms with Gasteiger partial charge in [-0.3, -0.25) is 0 Å². The molecule has 11 heavy (non-hydrogen) atoms. The summed E-state index contributed by atoms with van der Waals surface area (Å²) in [6.07, 6.45) is 4.04. The predicted octanol–water partition coefficient (Wildman–Crippen LogP) is 1.96. The van der Waals surface area contributed by atoms with Gasteiger partial charge in [0, 0.05) is 13.0 Å². The number of hydrogen-bond donors (Lipinski definition) is 0. The molecule has 1 aliphatic rings. The van der Waals surface area contributed by atoms with Crippen LogP contribution in [0.2, 0.25) is 0 Å². The Labute approximate surface area is 68.2 Å². The first-order valence-corrected chi connectivity index (χ1v) is 4.08. The second kappa shape index (κ2) is 3.37. The van der Waals surface area contributed by atoms with Gasteiger partial charge in [-0.05, 0) is 18.9 Å². The van der Waals surface area contributed by atoms with Gasteiger partial charge in [0.25, 0.3) is 0 Å². The molecule has 1 heterocycles. The molecule has 0 radical (unpaired) electrons. The van der Waals surface area contributed by atoms with Crippen LogP contribution in [0.5, 0.6) is 0 Å². The molecule has 2 nitrogen and oxygen atoms in total. The molecule has 0 spiro atoms. The lowest BCUT2D eigenvalue weighted by Crippen LogP contribution is -2.42. The quantitative estimate of drug-likeness (QED) is 0.569. The molecule has 0 aromatic carbocycles. The summed E-state index contributed by atoms with van der Waals surface area (Å²) >= 11 is 0. The maximum absolute atomic E-state index is 5.54. The Morgan fingerprint density at radius 1 is 1.73 bits per heavy atom. The van der Waals surface area contributed by atoms with Crippen molar-refractivity contribution in [2.24, 2.45) is 5.92 Å². The van der Waals surface area contributed by atoms with Gasteiger partial charge in [-0.25, -0.2) is 0 Å². The van der Waals surface area contributed by atoms with Crippen LogP contribution in [-0.2, 0) is 9.47 Å². The molecular weight excluding hydrogens is 140 g/mol. The van der Waals surface area contributed by atoms with Gasteiger partial charge < -0.3 is 9.47 Å². The van der Waals surface area contributed by atoms with Gasteiger partial charge in [-0.15, -0.1) is 0 Å². The van der Waals surface area contributed by atoms with Crippen LogP contribution in [0.25, 0.3) is 0 Å². The fourth-order valence-corrected chi connectivity index (χ4v) is 1.57. The van der Waals surface area contributed by atoms with Crippen LogP contribution in [-0.4, -0.2) is 19.5 Å². The third-order valence-electron chi connectivity index (χ3n) is 2.40. The van der Waals surface area contributed by atoms with Gasteiger partial charge in [-0.2, -0.15) is 0 Å². The largest absolute Gasteiger partial charge is 0.349 e. The summed E-state index contributed by atoms with van der Waals surface area (Å²) < 4.78 is 10.8. The minimum atomic E-state index is -0.516. The third-order valence-corrected chi connectivity index (χ3v) is 2.40. The molecule has 0 aliphatic carbocycles. The molecule has 1 saturated heterocycles. The summed E-state index contributed by atoms with van der Waals surface area (Å²) in [4.78, 5) is 0. The van der Waals surface area contributed by atoms with E-state index in [4.69, 9.17) is 9.47 Å². The molecule has 2 heteroatoms. The molecule has 1 rings (SSSR count). The van der Waals surface area contributed by atoms with Crippen molar-refractivity contribution < 1.29 is 9.47 Å². The Morgan fingerprint density at radius 3 is 2.82 bits per heavy atom.